The Balaban J connectivity index is 2.87. The molecule has 0 bridgehead atoms. The minimum Gasteiger partial charge on any atom is -0.354 e. The first-order chi connectivity index (χ1) is 10.3. The molecule has 1 N–H and O–H groups in total. The highest BCUT2D eigenvalue weighted by Gasteiger charge is 2.19. The summed E-state index contributed by atoms with van der Waals surface area (Å²) in [7, 11) is -3.53. The number of nitrogens with one attached hydrogen (secondary N) is 1. The fourth-order valence-electron chi connectivity index (χ4n) is 1.87. The Bertz CT molecular complexity index is 665. The van der Waals surface area contributed by atoms with Crippen LogP contribution in [0.2, 0.25) is 0 Å². The maximum absolute atomic E-state index is 11.9. The van der Waals surface area contributed by atoms with Gasteiger partial charge < -0.3 is 5.32 Å². The molecular weight excluding hydrogens is 302 g/mol. The summed E-state index contributed by atoms with van der Waals surface area (Å²) in [6.45, 7) is 3.89. The van der Waals surface area contributed by atoms with Gasteiger partial charge in [0.2, 0.25) is 15.9 Å². The molecule has 120 valence electrons. The van der Waals surface area contributed by atoms with Crippen LogP contribution in [-0.4, -0.2) is 33.2 Å². The van der Waals surface area contributed by atoms with Crippen LogP contribution in [0.1, 0.15) is 32.3 Å². The number of carbonyl (C=O) groups is 1. The van der Waals surface area contributed by atoms with E-state index in [9.17, 15) is 13.2 Å². The molecule has 1 atom stereocenters. The number of hydrogen-bond acceptors (Lipinski definition) is 4. The van der Waals surface area contributed by atoms with Crippen LogP contribution in [0, 0.1) is 11.3 Å². The highest BCUT2D eigenvalue weighted by Crippen LogP contribution is 2.19. The maximum Gasteiger partial charge on any atom is 0.232 e. The fourth-order valence-corrected chi connectivity index (χ4v) is 2.79. The number of nitrogens with zero attached hydrogens (tertiary/aromatic N) is 2. The molecule has 22 heavy (non-hydrogen) atoms. The number of hydrogen-bond donors (Lipinski definition) is 1. The largest absolute Gasteiger partial charge is 0.354 e. The number of sulfonamides is 1. The van der Waals surface area contributed by atoms with E-state index in [4.69, 9.17) is 5.26 Å². The van der Waals surface area contributed by atoms with Crippen LogP contribution < -0.4 is 9.62 Å². The van der Waals surface area contributed by atoms with Crippen molar-refractivity contribution in [3.63, 3.8) is 0 Å². The topological polar surface area (TPSA) is 90.3 Å². The first-order valence-electron chi connectivity index (χ1n) is 7.05. The monoisotopic (exact) mass is 323 g/mol. The highest BCUT2D eigenvalue weighted by atomic mass is 32.2. The molecule has 0 spiro atoms. The van der Waals surface area contributed by atoms with Crippen LogP contribution in [0.25, 0.3) is 0 Å². The summed E-state index contributed by atoms with van der Waals surface area (Å²) < 4.78 is 25.0. The average molecular weight is 323 g/mol. The predicted molar refractivity (Wildman–Crippen MR) is 85.9 cm³/mol. The van der Waals surface area contributed by atoms with Gasteiger partial charge in [0, 0.05) is 19.0 Å². The van der Waals surface area contributed by atoms with E-state index in [1.165, 1.54) is 6.07 Å². The van der Waals surface area contributed by atoms with Gasteiger partial charge in [-0.2, -0.15) is 5.26 Å². The smallest absolute Gasteiger partial charge is 0.232 e. The van der Waals surface area contributed by atoms with Gasteiger partial charge in [0.1, 0.15) is 0 Å². The molecule has 7 heteroatoms. The third-order valence-corrected chi connectivity index (χ3v) is 4.42. The number of rotatable bonds is 7. The Morgan fingerprint density at radius 2 is 2.14 bits per heavy atom. The van der Waals surface area contributed by atoms with Gasteiger partial charge in [-0.1, -0.05) is 13.0 Å². The number of benzene rings is 1. The van der Waals surface area contributed by atoms with Gasteiger partial charge in [0.05, 0.1) is 23.6 Å². The van der Waals surface area contributed by atoms with Gasteiger partial charge in [0.25, 0.3) is 0 Å². The van der Waals surface area contributed by atoms with Crippen LogP contribution in [0.3, 0.4) is 0 Å². The van der Waals surface area contributed by atoms with Gasteiger partial charge in [-0.15, -0.1) is 0 Å². The number of carbonyl (C=O) groups excluding carboxylic acids is 1. The van der Waals surface area contributed by atoms with Gasteiger partial charge in [-0.25, -0.2) is 8.42 Å². The summed E-state index contributed by atoms with van der Waals surface area (Å²) in [5.41, 5.74) is 0.757. The summed E-state index contributed by atoms with van der Waals surface area (Å²) in [5.74, 6) is -0.195. The van der Waals surface area contributed by atoms with Crippen LogP contribution in [0.5, 0.6) is 0 Å². The minimum atomic E-state index is -3.53. The standard InChI is InChI=1S/C15H21N3O3S/c1-4-12(2)17-15(19)8-9-18(22(3,20)21)14-7-5-6-13(10-14)11-16/h5-7,10,12H,4,8-9H2,1-3H3,(H,17,19). The summed E-state index contributed by atoms with van der Waals surface area (Å²) >= 11 is 0. The molecule has 0 saturated carbocycles. The van der Waals surface area contributed by atoms with Gasteiger partial charge in [-0.05, 0) is 31.5 Å². The summed E-state index contributed by atoms with van der Waals surface area (Å²) in [6, 6.07) is 8.34. The van der Waals surface area contributed by atoms with Crippen LogP contribution in [0.15, 0.2) is 24.3 Å². The molecule has 0 saturated heterocycles. The Morgan fingerprint density at radius 1 is 1.45 bits per heavy atom. The summed E-state index contributed by atoms with van der Waals surface area (Å²) in [5, 5.41) is 11.7. The number of anilines is 1. The Hall–Kier alpha value is -2.07. The van der Waals surface area contributed by atoms with Gasteiger partial charge in [0.15, 0.2) is 0 Å². The van der Waals surface area contributed by atoms with E-state index in [2.05, 4.69) is 5.32 Å². The molecule has 0 aromatic heterocycles. The van der Waals surface area contributed by atoms with Crippen molar-refractivity contribution in [2.24, 2.45) is 0 Å². The molecule has 1 aromatic carbocycles. The first-order valence-corrected chi connectivity index (χ1v) is 8.90. The predicted octanol–water partition coefficient (Wildman–Crippen LogP) is 1.63. The lowest BCUT2D eigenvalue weighted by molar-refractivity contribution is -0.121. The molecule has 6 nitrogen and oxygen atoms in total. The van der Waals surface area contributed by atoms with Gasteiger partial charge >= 0.3 is 0 Å². The molecule has 0 fully saturated rings. The SMILES string of the molecule is CCC(C)NC(=O)CCN(c1cccc(C#N)c1)S(C)(=O)=O. The maximum atomic E-state index is 11.9. The lowest BCUT2D eigenvalue weighted by atomic mass is 10.2. The lowest BCUT2D eigenvalue weighted by Crippen LogP contribution is -2.37. The second kappa shape index (κ2) is 7.80. The molecule has 0 radical (unpaired) electrons. The highest BCUT2D eigenvalue weighted by molar-refractivity contribution is 7.92. The van der Waals surface area contributed by atoms with Crippen molar-refractivity contribution < 1.29 is 13.2 Å². The molecule has 0 aliphatic rings. The molecule has 1 rings (SSSR count). The van der Waals surface area contributed by atoms with E-state index in [0.717, 1.165) is 17.0 Å². The van der Waals surface area contributed by atoms with Crippen molar-refractivity contribution in [1.29, 1.82) is 5.26 Å². The quantitative estimate of drug-likeness (QED) is 0.825. The van der Waals surface area contributed by atoms with E-state index in [-0.39, 0.29) is 24.9 Å². The van der Waals surface area contributed by atoms with E-state index >= 15 is 0 Å². The molecule has 1 amide bonds. The van der Waals surface area contributed by atoms with E-state index in [1.54, 1.807) is 18.2 Å². The molecular formula is C15H21N3O3S. The van der Waals surface area contributed by atoms with Crippen molar-refractivity contribution in [1.82, 2.24) is 5.32 Å². The first kappa shape index (κ1) is 18.0. The Morgan fingerprint density at radius 3 is 2.68 bits per heavy atom. The minimum absolute atomic E-state index is 0.0377. The van der Waals surface area contributed by atoms with Crippen LogP contribution >= 0.6 is 0 Å². The summed E-state index contributed by atoms with van der Waals surface area (Å²) in [6.07, 6.45) is 1.96. The molecule has 0 aliphatic carbocycles. The van der Waals surface area contributed by atoms with Crippen molar-refractivity contribution >= 4 is 21.6 Å². The second-order valence-corrected chi connectivity index (χ2v) is 7.03. The zero-order valence-electron chi connectivity index (χ0n) is 13.0. The van der Waals surface area contributed by atoms with Crippen molar-refractivity contribution in [2.45, 2.75) is 32.7 Å². The summed E-state index contributed by atoms with van der Waals surface area (Å²) in [4.78, 5) is 11.8. The van der Waals surface area contributed by atoms with Gasteiger partial charge in [-0.3, -0.25) is 9.10 Å². The average Bonchev–Trinajstić information content (AvgIpc) is 2.46. The van der Waals surface area contributed by atoms with E-state index in [0.29, 0.717) is 11.3 Å². The Kier molecular flexibility index (Phi) is 6.38. The third-order valence-electron chi connectivity index (χ3n) is 3.23. The zero-order chi connectivity index (χ0) is 16.8. The van der Waals surface area contributed by atoms with E-state index < -0.39 is 10.0 Å². The molecule has 0 aliphatic heterocycles. The zero-order valence-corrected chi connectivity index (χ0v) is 13.9. The second-order valence-electron chi connectivity index (χ2n) is 5.12. The molecule has 0 heterocycles. The number of nitriles is 1. The molecule has 1 unspecified atom stereocenters. The van der Waals surface area contributed by atoms with Crippen molar-refractivity contribution in [2.75, 3.05) is 17.1 Å². The lowest BCUT2D eigenvalue weighted by Gasteiger charge is -2.22. The number of amides is 1. The normalized spacial score (nSPS) is 12.3. The van der Waals surface area contributed by atoms with Crippen LogP contribution in [0.4, 0.5) is 5.69 Å². The fraction of sp³-hybridized carbons (Fsp3) is 0.467. The van der Waals surface area contributed by atoms with E-state index in [1.807, 2.05) is 19.9 Å². The third kappa shape index (κ3) is 5.37. The Labute approximate surface area is 131 Å². The van der Waals surface area contributed by atoms with Crippen molar-refractivity contribution in [3.05, 3.63) is 29.8 Å². The van der Waals surface area contributed by atoms with Crippen molar-refractivity contribution in [3.8, 4) is 6.07 Å². The molecule has 1 aromatic rings. The van der Waals surface area contributed by atoms with Crippen LogP contribution in [-0.2, 0) is 14.8 Å².